The molecule has 0 fully saturated rings. The highest BCUT2D eigenvalue weighted by Gasteiger charge is 2.31. The van der Waals surface area contributed by atoms with E-state index in [1.807, 2.05) is 30.5 Å². The van der Waals surface area contributed by atoms with Crippen molar-refractivity contribution in [3.63, 3.8) is 0 Å². The number of aromatic nitrogens is 1. The second-order valence-electron chi connectivity index (χ2n) is 9.08. The van der Waals surface area contributed by atoms with E-state index >= 15 is 0 Å². The van der Waals surface area contributed by atoms with Crippen LogP contribution in [0.3, 0.4) is 0 Å². The summed E-state index contributed by atoms with van der Waals surface area (Å²) in [7, 11) is 0. The van der Waals surface area contributed by atoms with Gasteiger partial charge in [0.15, 0.2) is 5.58 Å². The molecule has 4 heteroatoms. The van der Waals surface area contributed by atoms with Gasteiger partial charge in [0, 0.05) is 20.8 Å². The van der Waals surface area contributed by atoms with Gasteiger partial charge in [-0.15, -0.1) is 0 Å². The van der Waals surface area contributed by atoms with Crippen LogP contribution in [0.1, 0.15) is 43.4 Å². The van der Waals surface area contributed by atoms with Crippen LogP contribution in [-0.4, -0.2) is 4.98 Å². The van der Waals surface area contributed by atoms with E-state index in [9.17, 15) is 0 Å². The van der Waals surface area contributed by atoms with Crippen molar-refractivity contribution in [3.8, 4) is 11.5 Å². The summed E-state index contributed by atoms with van der Waals surface area (Å²) in [5.41, 5.74) is 7.74. The summed E-state index contributed by atoms with van der Waals surface area (Å²) in [5, 5.41) is 3.35. The third kappa shape index (κ3) is 2.46. The fourth-order valence-electron chi connectivity index (χ4n) is 5.14. The summed E-state index contributed by atoms with van der Waals surface area (Å²) in [6, 6.07) is 12.6. The van der Waals surface area contributed by atoms with Crippen LogP contribution in [0.15, 0.2) is 56.0 Å². The largest absolute Gasteiger partial charge is 0.463 e. The zero-order valence-electron chi connectivity index (χ0n) is 17.3. The number of furan rings is 1. The minimum Gasteiger partial charge on any atom is -0.463 e. The molecule has 6 rings (SSSR count). The van der Waals surface area contributed by atoms with Crippen LogP contribution in [0.2, 0.25) is 0 Å². The van der Waals surface area contributed by atoms with E-state index in [0.717, 1.165) is 49.5 Å². The van der Waals surface area contributed by atoms with Gasteiger partial charge in [0.1, 0.15) is 11.1 Å². The fourth-order valence-corrected chi connectivity index (χ4v) is 5.41. The molecule has 0 unspecified atom stereocenters. The molecule has 1 aliphatic rings. The number of fused-ring (bicyclic) bond motifs is 8. The standard InChI is InChI=1S/C26H22BrNO2/c1-14-13-29-23-18-10-11-19-17(5-4-12-26(19,2)3)21(18)24-22(20(14)23)28-25(30-24)15-6-8-16(27)9-7-15/h6-11,13H,4-5,12H2,1-3H3. The number of nitrogens with zero attached hydrogens (tertiary/aromatic N) is 1. The molecular weight excluding hydrogens is 438 g/mol. The van der Waals surface area contributed by atoms with Gasteiger partial charge < -0.3 is 8.83 Å². The topological polar surface area (TPSA) is 39.2 Å². The number of rotatable bonds is 1. The van der Waals surface area contributed by atoms with Crippen molar-refractivity contribution >= 4 is 48.8 Å². The van der Waals surface area contributed by atoms with E-state index < -0.39 is 0 Å². The van der Waals surface area contributed by atoms with Crippen LogP contribution < -0.4 is 0 Å². The number of aryl methyl sites for hydroxylation is 2. The minimum absolute atomic E-state index is 0.163. The number of benzene rings is 3. The summed E-state index contributed by atoms with van der Waals surface area (Å²) >= 11 is 3.51. The van der Waals surface area contributed by atoms with Crippen LogP contribution in [0.25, 0.3) is 44.3 Å². The lowest BCUT2D eigenvalue weighted by molar-refractivity contribution is 0.433. The number of hydrogen-bond donors (Lipinski definition) is 0. The Hall–Kier alpha value is -2.59. The van der Waals surface area contributed by atoms with Crippen molar-refractivity contribution in [2.75, 3.05) is 0 Å². The van der Waals surface area contributed by atoms with E-state index in [0.29, 0.717) is 5.89 Å². The lowest BCUT2D eigenvalue weighted by Crippen LogP contribution is -2.23. The Labute approximate surface area is 183 Å². The van der Waals surface area contributed by atoms with Gasteiger partial charge in [-0.25, -0.2) is 4.98 Å². The maximum Gasteiger partial charge on any atom is 0.227 e. The zero-order chi connectivity index (χ0) is 20.6. The normalized spacial score (nSPS) is 15.9. The Bertz CT molecular complexity index is 1450. The Morgan fingerprint density at radius 2 is 1.80 bits per heavy atom. The molecule has 150 valence electrons. The van der Waals surface area contributed by atoms with Gasteiger partial charge in [0.2, 0.25) is 5.89 Å². The van der Waals surface area contributed by atoms with Crippen LogP contribution in [0, 0.1) is 6.92 Å². The van der Waals surface area contributed by atoms with E-state index in [2.05, 4.69) is 48.8 Å². The second kappa shape index (κ2) is 6.21. The van der Waals surface area contributed by atoms with Gasteiger partial charge in [0.25, 0.3) is 0 Å². The van der Waals surface area contributed by atoms with Gasteiger partial charge in [0.05, 0.1) is 11.6 Å². The molecule has 0 aliphatic heterocycles. The van der Waals surface area contributed by atoms with E-state index in [1.54, 1.807) is 0 Å². The van der Waals surface area contributed by atoms with E-state index in [1.165, 1.54) is 29.4 Å². The van der Waals surface area contributed by atoms with Crippen LogP contribution in [0.4, 0.5) is 0 Å². The average molecular weight is 460 g/mol. The minimum atomic E-state index is 0.163. The molecule has 2 aromatic heterocycles. The Kier molecular flexibility index (Phi) is 3.77. The third-order valence-corrected chi connectivity index (χ3v) is 7.20. The molecule has 0 amide bonds. The van der Waals surface area contributed by atoms with Crippen molar-refractivity contribution in [1.82, 2.24) is 4.98 Å². The Morgan fingerprint density at radius 3 is 2.60 bits per heavy atom. The summed E-state index contributed by atoms with van der Waals surface area (Å²) in [6.45, 7) is 6.76. The third-order valence-electron chi connectivity index (χ3n) is 6.67. The first-order chi connectivity index (χ1) is 14.4. The van der Waals surface area contributed by atoms with Gasteiger partial charge in [-0.1, -0.05) is 41.9 Å². The van der Waals surface area contributed by atoms with E-state index in [4.69, 9.17) is 13.8 Å². The quantitative estimate of drug-likeness (QED) is 0.254. The first kappa shape index (κ1) is 18.2. The van der Waals surface area contributed by atoms with Crippen LogP contribution in [-0.2, 0) is 11.8 Å². The van der Waals surface area contributed by atoms with Gasteiger partial charge in [-0.2, -0.15) is 0 Å². The van der Waals surface area contributed by atoms with Gasteiger partial charge in [-0.3, -0.25) is 0 Å². The number of oxazole rings is 1. The molecule has 3 aromatic carbocycles. The molecule has 30 heavy (non-hydrogen) atoms. The SMILES string of the molecule is Cc1coc2c3ccc4c(c3c3oc(-c5ccc(Br)cc5)nc3c12)CCCC4(C)C. The Balaban J connectivity index is 1.78. The smallest absolute Gasteiger partial charge is 0.227 e. The van der Waals surface area contributed by atoms with Crippen molar-refractivity contribution < 1.29 is 8.83 Å². The average Bonchev–Trinajstić information content (AvgIpc) is 3.32. The lowest BCUT2D eigenvalue weighted by atomic mass is 9.71. The van der Waals surface area contributed by atoms with Crippen LogP contribution in [0.5, 0.6) is 0 Å². The molecule has 0 spiro atoms. The highest BCUT2D eigenvalue weighted by atomic mass is 79.9. The molecule has 0 radical (unpaired) electrons. The highest BCUT2D eigenvalue weighted by Crippen LogP contribution is 2.46. The van der Waals surface area contributed by atoms with Gasteiger partial charge >= 0.3 is 0 Å². The molecule has 0 bridgehead atoms. The molecule has 2 heterocycles. The van der Waals surface area contributed by atoms with Gasteiger partial charge in [-0.05, 0) is 72.6 Å². The molecule has 5 aromatic rings. The summed E-state index contributed by atoms with van der Waals surface area (Å²) < 4.78 is 13.6. The summed E-state index contributed by atoms with van der Waals surface area (Å²) in [4.78, 5) is 4.97. The summed E-state index contributed by atoms with van der Waals surface area (Å²) in [6.07, 6.45) is 5.28. The molecule has 0 saturated carbocycles. The molecular formula is C26H22BrNO2. The highest BCUT2D eigenvalue weighted by molar-refractivity contribution is 9.10. The van der Waals surface area contributed by atoms with Crippen molar-refractivity contribution in [2.45, 2.75) is 45.4 Å². The molecule has 0 atom stereocenters. The predicted octanol–water partition coefficient (Wildman–Crippen LogP) is 8.08. The zero-order valence-corrected chi connectivity index (χ0v) is 18.9. The van der Waals surface area contributed by atoms with Crippen molar-refractivity contribution in [1.29, 1.82) is 0 Å². The monoisotopic (exact) mass is 459 g/mol. The molecule has 3 nitrogen and oxygen atoms in total. The van der Waals surface area contributed by atoms with Crippen molar-refractivity contribution in [3.05, 3.63) is 63.8 Å². The number of halogens is 1. The predicted molar refractivity (Wildman–Crippen MR) is 125 cm³/mol. The lowest BCUT2D eigenvalue weighted by Gasteiger charge is -2.33. The second-order valence-corrected chi connectivity index (χ2v) is 9.99. The molecule has 1 aliphatic carbocycles. The first-order valence-electron chi connectivity index (χ1n) is 10.5. The van der Waals surface area contributed by atoms with Crippen molar-refractivity contribution in [2.24, 2.45) is 0 Å². The maximum atomic E-state index is 6.51. The molecule has 0 N–H and O–H groups in total. The number of hydrogen-bond acceptors (Lipinski definition) is 3. The summed E-state index contributed by atoms with van der Waals surface area (Å²) in [5.74, 6) is 0.652. The fraction of sp³-hybridized carbons (Fsp3) is 0.269. The molecule has 0 saturated heterocycles. The maximum absolute atomic E-state index is 6.51. The Morgan fingerprint density at radius 1 is 1.00 bits per heavy atom. The first-order valence-corrected chi connectivity index (χ1v) is 11.3. The van der Waals surface area contributed by atoms with E-state index in [-0.39, 0.29) is 5.41 Å². The van der Waals surface area contributed by atoms with Crippen LogP contribution >= 0.6 is 15.9 Å².